The predicted molar refractivity (Wildman–Crippen MR) is 80.5 cm³/mol. The van der Waals surface area contributed by atoms with Gasteiger partial charge in [-0.3, -0.25) is 9.36 Å². The number of hydrogen-bond acceptors (Lipinski definition) is 4. The number of oxazole rings is 1. The molecule has 0 fully saturated rings. The van der Waals surface area contributed by atoms with Crippen molar-refractivity contribution in [3.8, 4) is 0 Å². The molecule has 0 aliphatic carbocycles. The van der Waals surface area contributed by atoms with Crippen LogP contribution in [0.25, 0.3) is 11.1 Å². The van der Waals surface area contributed by atoms with Gasteiger partial charge in [-0.05, 0) is 48.9 Å². The number of nitrogens with two attached hydrogens (primary N) is 1. The highest BCUT2D eigenvalue weighted by Gasteiger charge is 2.13. The summed E-state index contributed by atoms with van der Waals surface area (Å²) in [5.74, 6) is -0.579. The normalized spacial score (nSPS) is 11.0. The molecular formula is C16H14N2O3. The lowest BCUT2D eigenvalue weighted by molar-refractivity contribution is 0.103. The Labute approximate surface area is 120 Å². The first-order chi connectivity index (χ1) is 9.97. The van der Waals surface area contributed by atoms with Crippen LogP contribution >= 0.6 is 0 Å². The van der Waals surface area contributed by atoms with Crippen LogP contribution in [-0.2, 0) is 7.05 Å². The van der Waals surface area contributed by atoms with Crippen LogP contribution in [0.4, 0.5) is 5.69 Å². The highest BCUT2D eigenvalue weighted by Crippen LogP contribution is 2.19. The molecule has 0 atom stereocenters. The van der Waals surface area contributed by atoms with Crippen molar-refractivity contribution in [1.82, 2.24) is 4.57 Å². The van der Waals surface area contributed by atoms with E-state index in [0.717, 1.165) is 5.56 Å². The number of hydrogen-bond donors (Lipinski definition) is 1. The minimum atomic E-state index is -0.446. The average molecular weight is 282 g/mol. The van der Waals surface area contributed by atoms with Crippen LogP contribution in [0.15, 0.2) is 45.6 Å². The summed E-state index contributed by atoms with van der Waals surface area (Å²) < 4.78 is 6.50. The molecule has 0 amide bonds. The van der Waals surface area contributed by atoms with E-state index in [-0.39, 0.29) is 5.78 Å². The first-order valence-electron chi connectivity index (χ1n) is 6.48. The number of nitrogen functional groups attached to an aromatic ring is 1. The van der Waals surface area contributed by atoms with Crippen molar-refractivity contribution in [2.75, 3.05) is 5.73 Å². The molecule has 5 nitrogen and oxygen atoms in total. The maximum Gasteiger partial charge on any atom is 0.419 e. The van der Waals surface area contributed by atoms with Gasteiger partial charge in [0.15, 0.2) is 11.4 Å². The van der Waals surface area contributed by atoms with Crippen LogP contribution in [0.3, 0.4) is 0 Å². The monoisotopic (exact) mass is 282 g/mol. The van der Waals surface area contributed by atoms with Crippen molar-refractivity contribution in [2.24, 2.45) is 7.05 Å². The molecule has 3 aromatic rings. The third kappa shape index (κ3) is 2.12. The summed E-state index contributed by atoms with van der Waals surface area (Å²) in [4.78, 5) is 23.9. The Hall–Kier alpha value is -2.82. The van der Waals surface area contributed by atoms with E-state index < -0.39 is 5.76 Å². The Bertz CT molecular complexity index is 919. The summed E-state index contributed by atoms with van der Waals surface area (Å²) in [6, 6.07) is 10.1. The maximum atomic E-state index is 12.5. The molecule has 2 N–H and O–H groups in total. The second-order valence-corrected chi connectivity index (χ2v) is 5.01. The fourth-order valence-electron chi connectivity index (χ4n) is 2.26. The number of ketones is 1. The van der Waals surface area contributed by atoms with Crippen molar-refractivity contribution in [3.63, 3.8) is 0 Å². The zero-order valence-corrected chi connectivity index (χ0v) is 11.7. The highest BCUT2D eigenvalue weighted by molar-refractivity contribution is 6.10. The largest absolute Gasteiger partial charge is 0.419 e. The molecule has 0 saturated carbocycles. The molecule has 0 unspecified atom stereocenters. The minimum absolute atomic E-state index is 0.133. The Morgan fingerprint density at radius 3 is 2.52 bits per heavy atom. The van der Waals surface area contributed by atoms with E-state index in [1.54, 1.807) is 43.4 Å². The Balaban J connectivity index is 2.09. The molecule has 0 saturated heterocycles. The number of rotatable bonds is 2. The van der Waals surface area contributed by atoms with Gasteiger partial charge in [0.2, 0.25) is 0 Å². The molecule has 3 rings (SSSR count). The number of fused-ring (bicyclic) bond motifs is 1. The molecule has 5 heteroatoms. The summed E-state index contributed by atoms with van der Waals surface area (Å²) in [7, 11) is 1.62. The number of carbonyl (C=O) groups is 1. The number of anilines is 1. The minimum Gasteiger partial charge on any atom is -0.408 e. The molecular weight excluding hydrogens is 268 g/mol. The van der Waals surface area contributed by atoms with E-state index in [1.165, 1.54) is 4.57 Å². The third-order valence-electron chi connectivity index (χ3n) is 3.59. The van der Waals surface area contributed by atoms with Crippen molar-refractivity contribution < 1.29 is 9.21 Å². The first kappa shape index (κ1) is 13.2. The van der Waals surface area contributed by atoms with Crippen molar-refractivity contribution in [3.05, 3.63) is 63.6 Å². The second-order valence-electron chi connectivity index (χ2n) is 5.01. The van der Waals surface area contributed by atoms with Gasteiger partial charge < -0.3 is 10.2 Å². The molecule has 0 bridgehead atoms. The molecule has 2 aromatic carbocycles. The number of carbonyl (C=O) groups excluding carboxylic acids is 1. The molecule has 1 aromatic heterocycles. The zero-order valence-electron chi connectivity index (χ0n) is 11.7. The van der Waals surface area contributed by atoms with E-state index in [9.17, 15) is 9.59 Å². The Morgan fingerprint density at radius 2 is 1.81 bits per heavy atom. The highest BCUT2D eigenvalue weighted by atomic mass is 16.4. The van der Waals surface area contributed by atoms with Gasteiger partial charge in [0, 0.05) is 23.9 Å². The molecule has 106 valence electrons. The zero-order chi connectivity index (χ0) is 15.1. The Kier molecular flexibility index (Phi) is 2.90. The molecule has 0 aliphatic rings. The first-order valence-corrected chi connectivity index (χ1v) is 6.48. The summed E-state index contributed by atoms with van der Waals surface area (Å²) >= 11 is 0. The van der Waals surface area contributed by atoms with Gasteiger partial charge in [0.1, 0.15) is 0 Å². The van der Waals surface area contributed by atoms with Crippen LogP contribution < -0.4 is 11.5 Å². The third-order valence-corrected chi connectivity index (χ3v) is 3.59. The number of benzene rings is 2. The lowest BCUT2D eigenvalue weighted by Crippen LogP contribution is -2.08. The van der Waals surface area contributed by atoms with E-state index in [0.29, 0.717) is 27.9 Å². The fourth-order valence-corrected chi connectivity index (χ4v) is 2.26. The van der Waals surface area contributed by atoms with E-state index in [4.69, 9.17) is 10.2 Å². The summed E-state index contributed by atoms with van der Waals surface area (Å²) in [5, 5.41) is 0. The molecule has 0 spiro atoms. The topological polar surface area (TPSA) is 78.2 Å². The van der Waals surface area contributed by atoms with E-state index in [1.807, 2.05) is 6.92 Å². The molecule has 0 aliphatic heterocycles. The smallest absolute Gasteiger partial charge is 0.408 e. The average Bonchev–Trinajstić information content (AvgIpc) is 2.76. The van der Waals surface area contributed by atoms with Crippen molar-refractivity contribution >= 4 is 22.6 Å². The molecule has 0 radical (unpaired) electrons. The predicted octanol–water partition coefficient (Wildman–Crippen LogP) is 2.25. The fraction of sp³-hybridized carbons (Fsp3) is 0.125. The van der Waals surface area contributed by atoms with Crippen LogP contribution in [0.2, 0.25) is 0 Å². The Morgan fingerprint density at radius 1 is 1.14 bits per heavy atom. The SMILES string of the molecule is Cc1cc(C(=O)c2ccc3c(c2)oc(=O)n3C)ccc1N. The van der Waals surface area contributed by atoms with Crippen molar-refractivity contribution in [1.29, 1.82) is 0 Å². The van der Waals surface area contributed by atoms with Crippen LogP contribution in [-0.4, -0.2) is 10.4 Å². The number of nitrogens with zero attached hydrogens (tertiary/aromatic N) is 1. The lowest BCUT2D eigenvalue weighted by atomic mass is 10.0. The number of aromatic nitrogens is 1. The van der Waals surface area contributed by atoms with Gasteiger partial charge in [-0.25, -0.2) is 4.79 Å². The van der Waals surface area contributed by atoms with Gasteiger partial charge >= 0.3 is 5.76 Å². The quantitative estimate of drug-likeness (QED) is 0.577. The maximum absolute atomic E-state index is 12.5. The van der Waals surface area contributed by atoms with Crippen molar-refractivity contribution in [2.45, 2.75) is 6.92 Å². The molecule has 1 heterocycles. The van der Waals surface area contributed by atoms with Gasteiger partial charge in [-0.15, -0.1) is 0 Å². The number of aryl methyl sites for hydroxylation is 2. The van der Waals surface area contributed by atoms with Gasteiger partial charge in [-0.1, -0.05) is 0 Å². The van der Waals surface area contributed by atoms with Crippen LogP contribution in [0.5, 0.6) is 0 Å². The van der Waals surface area contributed by atoms with Gasteiger partial charge in [-0.2, -0.15) is 0 Å². The van der Waals surface area contributed by atoms with E-state index >= 15 is 0 Å². The van der Waals surface area contributed by atoms with Gasteiger partial charge in [0.05, 0.1) is 5.52 Å². The van der Waals surface area contributed by atoms with Crippen LogP contribution in [0.1, 0.15) is 21.5 Å². The summed E-state index contributed by atoms with van der Waals surface area (Å²) in [5.41, 5.74) is 9.35. The molecule has 21 heavy (non-hydrogen) atoms. The van der Waals surface area contributed by atoms with Gasteiger partial charge in [0.25, 0.3) is 0 Å². The summed E-state index contributed by atoms with van der Waals surface area (Å²) in [6.07, 6.45) is 0. The summed E-state index contributed by atoms with van der Waals surface area (Å²) in [6.45, 7) is 1.85. The second kappa shape index (κ2) is 4.63. The standard InChI is InChI=1S/C16H14N2O3/c1-9-7-10(3-5-12(9)17)15(19)11-4-6-13-14(8-11)21-16(20)18(13)2/h3-8H,17H2,1-2H3. The lowest BCUT2D eigenvalue weighted by Gasteiger charge is -2.04. The van der Waals surface area contributed by atoms with Crippen LogP contribution in [0, 0.1) is 6.92 Å². The van der Waals surface area contributed by atoms with E-state index in [2.05, 4.69) is 0 Å².